The van der Waals surface area contributed by atoms with Gasteiger partial charge in [-0.25, -0.2) is 4.39 Å². The lowest BCUT2D eigenvalue weighted by atomic mass is 9.83. The third-order valence-corrected chi connectivity index (χ3v) is 7.30. The molecule has 0 aliphatic heterocycles. The molecule has 3 rings (SSSR count). The zero-order valence-corrected chi connectivity index (χ0v) is 23.5. The number of anilines is 1. The highest BCUT2D eigenvalue weighted by atomic mass is 35.5. The van der Waals surface area contributed by atoms with E-state index in [-0.39, 0.29) is 16.9 Å². The Morgan fingerprint density at radius 1 is 0.973 bits per heavy atom. The second kappa shape index (κ2) is 12.3. The molecule has 0 fully saturated rings. The van der Waals surface area contributed by atoms with Crippen LogP contribution in [0.25, 0.3) is 11.1 Å². The van der Waals surface area contributed by atoms with E-state index in [1.165, 1.54) is 12.1 Å². The first-order valence-corrected chi connectivity index (χ1v) is 13.7. The van der Waals surface area contributed by atoms with Crippen LogP contribution in [-0.2, 0) is 22.4 Å². The molecule has 0 saturated carbocycles. The van der Waals surface area contributed by atoms with E-state index in [1.807, 2.05) is 71.0 Å². The number of carbonyl (C=O) groups is 1. The predicted octanol–water partition coefficient (Wildman–Crippen LogP) is 7.01. The molecular weight excluding hydrogens is 511 g/mol. The van der Waals surface area contributed by atoms with Gasteiger partial charge in [-0.15, -0.1) is 0 Å². The van der Waals surface area contributed by atoms with Gasteiger partial charge >= 0.3 is 0 Å². The summed E-state index contributed by atoms with van der Waals surface area (Å²) in [5, 5.41) is 1.40. The van der Waals surface area contributed by atoms with Crippen molar-refractivity contribution in [2.45, 2.75) is 51.3 Å². The summed E-state index contributed by atoms with van der Waals surface area (Å²) >= 11 is 3.15. The number of halogens is 2. The van der Waals surface area contributed by atoms with Gasteiger partial charge in [0.25, 0.3) is 0 Å². The molecule has 3 aromatic carbocycles. The molecule has 37 heavy (non-hydrogen) atoms. The minimum absolute atomic E-state index is 0.0294. The summed E-state index contributed by atoms with van der Waals surface area (Å²) in [6.45, 7) is 8.53. The van der Waals surface area contributed by atoms with Crippen LogP contribution in [0.4, 0.5) is 10.1 Å². The number of amides is 1. The van der Waals surface area contributed by atoms with Gasteiger partial charge < -0.3 is 14.8 Å². The Hall–Kier alpha value is -2.58. The SMILES string of the molecule is CC(C)c1cc(-c2ccc(Cl)c(F)c2)cc(C(C)C)c1C(C(=O)Nc1ccc(CN(C)C)cc1)S(=O)[O-]. The predicted molar refractivity (Wildman–Crippen MR) is 149 cm³/mol. The van der Waals surface area contributed by atoms with Crippen molar-refractivity contribution in [3.8, 4) is 11.1 Å². The average Bonchev–Trinajstić information content (AvgIpc) is 2.81. The molecule has 0 bridgehead atoms. The summed E-state index contributed by atoms with van der Waals surface area (Å²) in [5.41, 5.74) is 4.87. The molecule has 0 aliphatic carbocycles. The van der Waals surface area contributed by atoms with E-state index in [4.69, 9.17) is 11.6 Å². The summed E-state index contributed by atoms with van der Waals surface area (Å²) in [4.78, 5) is 15.5. The van der Waals surface area contributed by atoms with Gasteiger partial charge in [-0.3, -0.25) is 9.00 Å². The maximum absolute atomic E-state index is 14.2. The molecular formula is C29H33ClFN2O3S-. The Morgan fingerprint density at radius 3 is 2.00 bits per heavy atom. The first-order chi connectivity index (χ1) is 17.4. The van der Waals surface area contributed by atoms with Gasteiger partial charge in [-0.1, -0.05) is 69.6 Å². The van der Waals surface area contributed by atoms with Crippen molar-refractivity contribution >= 4 is 34.3 Å². The zero-order chi connectivity index (χ0) is 27.4. The fourth-order valence-electron chi connectivity index (χ4n) is 4.38. The zero-order valence-electron chi connectivity index (χ0n) is 22.0. The van der Waals surface area contributed by atoms with Crippen molar-refractivity contribution in [1.82, 2.24) is 4.90 Å². The van der Waals surface area contributed by atoms with Crippen LogP contribution < -0.4 is 5.32 Å². The smallest absolute Gasteiger partial charge is 0.243 e. The second-order valence-electron chi connectivity index (χ2n) is 10.1. The summed E-state index contributed by atoms with van der Waals surface area (Å²) in [6, 6.07) is 15.6. The highest BCUT2D eigenvalue weighted by Crippen LogP contribution is 2.39. The summed E-state index contributed by atoms with van der Waals surface area (Å²) < 4.78 is 39.4. The highest BCUT2D eigenvalue weighted by Gasteiger charge is 2.30. The summed E-state index contributed by atoms with van der Waals surface area (Å²) in [5.74, 6) is -1.33. The largest absolute Gasteiger partial charge is 0.771 e. The van der Waals surface area contributed by atoms with Gasteiger partial charge in [0.1, 0.15) is 11.1 Å². The Labute approximate surface area is 226 Å². The summed E-state index contributed by atoms with van der Waals surface area (Å²) in [7, 11) is 3.94. The van der Waals surface area contributed by atoms with Crippen LogP contribution in [0.3, 0.4) is 0 Å². The van der Waals surface area contributed by atoms with E-state index in [9.17, 15) is 17.9 Å². The molecule has 1 amide bonds. The van der Waals surface area contributed by atoms with Crippen molar-refractivity contribution in [2.24, 2.45) is 0 Å². The van der Waals surface area contributed by atoms with Crippen molar-refractivity contribution in [1.29, 1.82) is 0 Å². The summed E-state index contributed by atoms with van der Waals surface area (Å²) in [6.07, 6.45) is 0. The first-order valence-electron chi connectivity index (χ1n) is 12.1. The molecule has 0 spiro atoms. The second-order valence-corrected chi connectivity index (χ2v) is 11.5. The van der Waals surface area contributed by atoms with Crippen molar-refractivity contribution in [2.75, 3.05) is 19.4 Å². The minimum Gasteiger partial charge on any atom is -0.771 e. The molecule has 2 unspecified atom stereocenters. The third-order valence-electron chi connectivity index (χ3n) is 6.15. The van der Waals surface area contributed by atoms with Gasteiger partial charge in [-0.2, -0.15) is 0 Å². The Morgan fingerprint density at radius 2 is 1.54 bits per heavy atom. The standard InChI is InChI=1S/C29H34ClFN2O3S/c1-17(2)23-13-21(20-9-12-25(30)26(31)15-20)14-24(18(3)4)27(23)28(37(35)36)29(34)32-22-10-7-19(8-11-22)16-33(5)6/h7-15,17-18,28H,16H2,1-6H3,(H,32,34)(H,35,36)/p-1. The van der Waals surface area contributed by atoms with Crippen LogP contribution in [-0.4, -0.2) is 33.7 Å². The van der Waals surface area contributed by atoms with Crippen molar-refractivity contribution < 1.29 is 17.9 Å². The molecule has 3 aromatic rings. The van der Waals surface area contributed by atoms with Gasteiger partial charge in [0.2, 0.25) is 5.91 Å². The monoisotopic (exact) mass is 543 g/mol. The van der Waals surface area contributed by atoms with Gasteiger partial charge in [-0.05, 0) is 94.7 Å². The number of carbonyl (C=O) groups excluding carboxylic acids is 1. The normalized spacial score (nSPS) is 13.3. The fourth-order valence-corrected chi connectivity index (χ4v) is 5.20. The van der Waals surface area contributed by atoms with Crippen molar-refractivity contribution in [3.63, 3.8) is 0 Å². The van der Waals surface area contributed by atoms with E-state index < -0.39 is 28.1 Å². The quantitative estimate of drug-likeness (QED) is 0.294. The van der Waals surface area contributed by atoms with Crippen LogP contribution in [0.2, 0.25) is 5.02 Å². The fraction of sp³-hybridized carbons (Fsp3) is 0.345. The third kappa shape index (κ3) is 7.05. The Kier molecular flexibility index (Phi) is 9.64. The van der Waals surface area contributed by atoms with Gasteiger partial charge in [0.05, 0.1) is 5.02 Å². The van der Waals surface area contributed by atoms with Crippen LogP contribution >= 0.6 is 11.6 Å². The van der Waals surface area contributed by atoms with Crippen LogP contribution in [0.1, 0.15) is 67.0 Å². The average molecular weight is 544 g/mol. The van der Waals surface area contributed by atoms with Crippen LogP contribution in [0.15, 0.2) is 54.6 Å². The van der Waals surface area contributed by atoms with Gasteiger partial charge in [0, 0.05) is 12.2 Å². The Balaban J connectivity index is 2.09. The molecule has 0 aliphatic rings. The maximum Gasteiger partial charge on any atom is 0.243 e. The molecule has 2 atom stereocenters. The number of nitrogens with one attached hydrogen (secondary N) is 1. The van der Waals surface area contributed by atoms with E-state index >= 15 is 0 Å². The highest BCUT2D eigenvalue weighted by molar-refractivity contribution is 7.80. The molecule has 1 N–H and O–H groups in total. The van der Waals surface area contributed by atoms with Crippen molar-refractivity contribution in [3.05, 3.63) is 87.7 Å². The number of benzene rings is 3. The molecule has 0 aromatic heterocycles. The van der Waals surface area contributed by atoms with Gasteiger partial charge in [0.15, 0.2) is 0 Å². The topological polar surface area (TPSA) is 72.5 Å². The van der Waals surface area contributed by atoms with Crippen LogP contribution in [0, 0.1) is 5.82 Å². The maximum atomic E-state index is 14.2. The van der Waals surface area contributed by atoms with E-state index in [0.717, 1.165) is 28.8 Å². The Bertz CT molecular complexity index is 1260. The van der Waals surface area contributed by atoms with E-state index in [1.54, 1.807) is 18.2 Å². The lowest BCUT2D eigenvalue weighted by Gasteiger charge is -2.28. The number of nitrogens with zero attached hydrogens (tertiary/aromatic N) is 1. The molecule has 0 heterocycles. The van der Waals surface area contributed by atoms with Crippen LogP contribution in [0.5, 0.6) is 0 Å². The van der Waals surface area contributed by atoms with E-state index in [0.29, 0.717) is 16.8 Å². The molecule has 5 nitrogen and oxygen atoms in total. The van der Waals surface area contributed by atoms with E-state index in [2.05, 4.69) is 5.32 Å². The number of rotatable bonds is 9. The number of hydrogen-bond donors (Lipinski definition) is 1. The lowest BCUT2D eigenvalue weighted by Crippen LogP contribution is -2.27. The number of hydrogen-bond acceptors (Lipinski definition) is 4. The first kappa shape index (κ1) is 29.0. The lowest BCUT2D eigenvalue weighted by molar-refractivity contribution is -0.116. The molecule has 8 heteroatoms. The molecule has 0 radical (unpaired) electrons. The molecule has 198 valence electrons. The minimum atomic E-state index is -2.73. The molecule has 0 saturated heterocycles.